The molecule has 0 fully saturated rings. The molecule has 0 amide bonds. The molecule has 1 aromatic rings. The lowest BCUT2D eigenvalue weighted by Gasteiger charge is -2.15. The number of benzene rings is 1. The Balaban J connectivity index is 2.76. The van der Waals surface area contributed by atoms with Gasteiger partial charge in [-0.2, -0.15) is 0 Å². The molecule has 0 aliphatic heterocycles. The molecule has 5 heteroatoms. The first-order valence-corrected chi connectivity index (χ1v) is 7.03. The third-order valence-corrected chi connectivity index (χ3v) is 2.84. The van der Waals surface area contributed by atoms with Crippen molar-refractivity contribution in [2.24, 2.45) is 0 Å². The van der Waals surface area contributed by atoms with Crippen molar-refractivity contribution < 1.29 is 19.0 Å². The molecule has 0 saturated carbocycles. The van der Waals surface area contributed by atoms with Crippen molar-refractivity contribution in [2.75, 3.05) is 19.8 Å². The fourth-order valence-corrected chi connectivity index (χ4v) is 2.06. The van der Waals surface area contributed by atoms with Crippen LogP contribution in [0.4, 0.5) is 0 Å². The number of rotatable bonds is 8. The zero-order valence-corrected chi connectivity index (χ0v) is 13.0. The van der Waals surface area contributed by atoms with Crippen LogP contribution < -0.4 is 9.47 Å². The van der Waals surface area contributed by atoms with Crippen LogP contribution in [-0.4, -0.2) is 32.2 Å². The van der Waals surface area contributed by atoms with E-state index in [1.54, 1.807) is 12.1 Å². The molecule has 4 nitrogen and oxygen atoms in total. The molecule has 0 spiro atoms. The minimum Gasteiger partial charge on any atom is -0.490 e. The fourth-order valence-electron chi connectivity index (χ4n) is 1.49. The highest BCUT2D eigenvalue weighted by molar-refractivity contribution is 9.10. The number of halogens is 1. The van der Waals surface area contributed by atoms with E-state index in [1.165, 1.54) is 0 Å². The second kappa shape index (κ2) is 8.17. The molecule has 0 unspecified atom stereocenters. The molecular formula is C14H19BrO4. The average molecular weight is 331 g/mol. The van der Waals surface area contributed by atoms with Crippen molar-refractivity contribution in [1.82, 2.24) is 0 Å². The lowest BCUT2D eigenvalue weighted by molar-refractivity contribution is 0.0543. The minimum atomic E-state index is 0.177. The van der Waals surface area contributed by atoms with Crippen molar-refractivity contribution in [3.63, 3.8) is 0 Å². The first-order valence-electron chi connectivity index (χ1n) is 6.24. The van der Waals surface area contributed by atoms with Crippen LogP contribution in [0.1, 0.15) is 31.1 Å². The van der Waals surface area contributed by atoms with E-state index in [2.05, 4.69) is 15.9 Å². The highest BCUT2D eigenvalue weighted by atomic mass is 79.9. The average Bonchev–Trinajstić information content (AvgIpc) is 2.36. The quantitative estimate of drug-likeness (QED) is 0.540. The van der Waals surface area contributed by atoms with Crippen LogP contribution in [0.25, 0.3) is 0 Å². The number of hydrogen-bond acceptors (Lipinski definition) is 4. The van der Waals surface area contributed by atoms with Crippen LogP contribution >= 0.6 is 15.9 Å². The van der Waals surface area contributed by atoms with Crippen molar-refractivity contribution in [2.45, 2.75) is 26.9 Å². The van der Waals surface area contributed by atoms with Gasteiger partial charge in [0.05, 0.1) is 23.8 Å². The molecule has 1 aromatic carbocycles. The van der Waals surface area contributed by atoms with Gasteiger partial charge in [-0.05, 0) is 48.8 Å². The summed E-state index contributed by atoms with van der Waals surface area (Å²) < 4.78 is 17.3. The first-order chi connectivity index (χ1) is 9.08. The molecule has 19 heavy (non-hydrogen) atoms. The molecule has 0 aromatic heterocycles. The number of ether oxygens (including phenoxy) is 3. The van der Waals surface area contributed by atoms with Gasteiger partial charge >= 0.3 is 0 Å². The van der Waals surface area contributed by atoms with Crippen LogP contribution in [0.2, 0.25) is 0 Å². The maximum absolute atomic E-state index is 10.8. The van der Waals surface area contributed by atoms with Crippen LogP contribution in [0.15, 0.2) is 16.6 Å². The highest BCUT2D eigenvalue weighted by Gasteiger charge is 2.12. The molecule has 0 bridgehead atoms. The Morgan fingerprint density at radius 2 is 2.00 bits per heavy atom. The van der Waals surface area contributed by atoms with Gasteiger partial charge in [0.1, 0.15) is 12.9 Å². The van der Waals surface area contributed by atoms with E-state index in [0.717, 1.165) is 6.29 Å². The minimum absolute atomic E-state index is 0.177. The number of hydrogen-bond donors (Lipinski definition) is 0. The van der Waals surface area contributed by atoms with Gasteiger partial charge in [-0.3, -0.25) is 4.79 Å². The second-order valence-corrected chi connectivity index (χ2v) is 5.00. The van der Waals surface area contributed by atoms with Crippen LogP contribution in [0, 0.1) is 0 Å². The van der Waals surface area contributed by atoms with Crippen molar-refractivity contribution in [3.05, 3.63) is 22.2 Å². The summed E-state index contributed by atoms with van der Waals surface area (Å²) in [7, 11) is 0. The Labute approximate surface area is 122 Å². The van der Waals surface area contributed by atoms with Crippen molar-refractivity contribution in [1.29, 1.82) is 0 Å². The molecular weight excluding hydrogens is 312 g/mol. The SMILES string of the molecule is CCOc1cc(C=O)cc(Br)c1OCCOC(C)C. The zero-order chi connectivity index (χ0) is 14.3. The van der Waals surface area contributed by atoms with E-state index in [-0.39, 0.29) is 6.10 Å². The van der Waals surface area contributed by atoms with Gasteiger partial charge in [0.15, 0.2) is 11.5 Å². The molecule has 0 radical (unpaired) electrons. The molecule has 0 saturated heterocycles. The van der Waals surface area contributed by atoms with Gasteiger partial charge in [-0.25, -0.2) is 0 Å². The molecule has 1 rings (SSSR count). The summed E-state index contributed by atoms with van der Waals surface area (Å²) in [6, 6.07) is 3.37. The van der Waals surface area contributed by atoms with Gasteiger partial charge in [0.2, 0.25) is 0 Å². The van der Waals surface area contributed by atoms with Crippen LogP contribution in [-0.2, 0) is 4.74 Å². The summed E-state index contributed by atoms with van der Waals surface area (Å²) in [4.78, 5) is 10.8. The molecule has 0 heterocycles. The largest absolute Gasteiger partial charge is 0.490 e. The Kier molecular flexibility index (Phi) is 6.87. The topological polar surface area (TPSA) is 44.8 Å². The summed E-state index contributed by atoms with van der Waals surface area (Å²) in [5.41, 5.74) is 0.543. The normalized spacial score (nSPS) is 10.6. The van der Waals surface area contributed by atoms with E-state index in [9.17, 15) is 4.79 Å². The van der Waals surface area contributed by atoms with Gasteiger partial charge < -0.3 is 14.2 Å². The van der Waals surface area contributed by atoms with E-state index >= 15 is 0 Å². The van der Waals surface area contributed by atoms with Crippen molar-refractivity contribution in [3.8, 4) is 11.5 Å². The molecule has 0 atom stereocenters. The Morgan fingerprint density at radius 3 is 2.58 bits per heavy atom. The molecule has 106 valence electrons. The summed E-state index contributed by atoms with van der Waals surface area (Å²) in [5, 5.41) is 0. The van der Waals surface area contributed by atoms with Gasteiger partial charge in [-0.1, -0.05) is 0 Å². The number of aldehydes is 1. The van der Waals surface area contributed by atoms with E-state index in [0.29, 0.717) is 41.4 Å². The van der Waals surface area contributed by atoms with Crippen LogP contribution in [0.3, 0.4) is 0 Å². The fraction of sp³-hybridized carbons (Fsp3) is 0.500. The summed E-state index contributed by atoms with van der Waals surface area (Å²) in [6.45, 7) is 7.27. The maximum Gasteiger partial charge on any atom is 0.175 e. The molecule has 0 N–H and O–H groups in total. The van der Waals surface area contributed by atoms with E-state index < -0.39 is 0 Å². The third kappa shape index (κ3) is 5.20. The Hall–Kier alpha value is -1.07. The standard InChI is InChI=1S/C14H19BrO4/c1-4-17-13-8-11(9-16)7-12(15)14(13)19-6-5-18-10(2)3/h7-10H,4-6H2,1-3H3. The second-order valence-electron chi connectivity index (χ2n) is 4.15. The molecule has 0 aliphatic rings. The predicted octanol–water partition coefficient (Wildman–Crippen LogP) is 3.46. The van der Waals surface area contributed by atoms with Crippen LogP contribution in [0.5, 0.6) is 11.5 Å². The zero-order valence-electron chi connectivity index (χ0n) is 11.4. The van der Waals surface area contributed by atoms with Gasteiger partial charge in [0.25, 0.3) is 0 Å². The summed E-state index contributed by atoms with van der Waals surface area (Å²) in [6.07, 6.45) is 0.953. The maximum atomic E-state index is 10.8. The smallest absolute Gasteiger partial charge is 0.175 e. The third-order valence-electron chi connectivity index (χ3n) is 2.25. The lowest BCUT2D eigenvalue weighted by atomic mass is 10.2. The number of carbonyl (C=O) groups excluding carboxylic acids is 1. The van der Waals surface area contributed by atoms with E-state index in [1.807, 2.05) is 20.8 Å². The van der Waals surface area contributed by atoms with Crippen molar-refractivity contribution >= 4 is 22.2 Å². The Morgan fingerprint density at radius 1 is 1.26 bits per heavy atom. The van der Waals surface area contributed by atoms with E-state index in [4.69, 9.17) is 14.2 Å². The molecule has 0 aliphatic carbocycles. The van der Waals surface area contributed by atoms with Gasteiger partial charge in [0, 0.05) is 5.56 Å². The predicted molar refractivity (Wildman–Crippen MR) is 77.3 cm³/mol. The lowest BCUT2D eigenvalue weighted by Crippen LogP contribution is -2.12. The highest BCUT2D eigenvalue weighted by Crippen LogP contribution is 2.36. The monoisotopic (exact) mass is 330 g/mol. The van der Waals surface area contributed by atoms with Gasteiger partial charge in [-0.15, -0.1) is 0 Å². The summed E-state index contributed by atoms with van der Waals surface area (Å²) >= 11 is 3.39. The first kappa shape index (κ1) is 16.0. The summed E-state index contributed by atoms with van der Waals surface area (Å²) in [5.74, 6) is 1.16. The number of carbonyl (C=O) groups is 1. The Bertz CT molecular complexity index is 418.